The van der Waals surface area contributed by atoms with Crippen LogP contribution in [0.15, 0.2) is 70.0 Å². The maximum Gasteiger partial charge on any atom is 0.335 e. The summed E-state index contributed by atoms with van der Waals surface area (Å²) < 4.78 is -0.132. The summed E-state index contributed by atoms with van der Waals surface area (Å²) in [6.07, 6.45) is 0. The van der Waals surface area contributed by atoms with Crippen molar-refractivity contribution in [3.63, 3.8) is 0 Å². The second-order valence-corrected chi connectivity index (χ2v) is 4.63. The van der Waals surface area contributed by atoms with Crippen LogP contribution in [0.1, 0.15) is 17.3 Å². The third-order valence-electron chi connectivity index (χ3n) is 3.20. The molecule has 3 rings (SSSR count). The number of rotatable bonds is 3. The molecular weight excluding hydrogens is 348 g/mol. The lowest BCUT2D eigenvalue weighted by Gasteiger charge is -2.20. The highest BCUT2D eigenvalue weighted by molar-refractivity contribution is 5.88. The number of aromatic carboxylic acids is 1. The van der Waals surface area contributed by atoms with E-state index in [4.69, 9.17) is 5.11 Å². The van der Waals surface area contributed by atoms with E-state index in [1.54, 1.807) is 31.2 Å². The minimum absolute atomic E-state index is 0. The fourth-order valence-electron chi connectivity index (χ4n) is 2.19. The molecule has 22 heavy (non-hydrogen) atoms. The zero-order valence-corrected chi connectivity index (χ0v) is 13.3. The number of hydrogen-bond donors (Lipinski definition) is 1. The Balaban J connectivity index is 0.00000176. The van der Waals surface area contributed by atoms with Crippen LogP contribution in [-0.2, 0) is 0 Å². The molecule has 1 N–H and O–H groups in total. The first-order valence-electron chi connectivity index (χ1n) is 6.40. The molecule has 1 aliphatic heterocycles. The number of quaternary nitrogens is 1. The van der Waals surface area contributed by atoms with Gasteiger partial charge in [-0.05, 0) is 17.2 Å². The molecule has 0 aromatic heterocycles. The van der Waals surface area contributed by atoms with E-state index in [0.29, 0.717) is 5.84 Å². The summed E-state index contributed by atoms with van der Waals surface area (Å²) in [5.41, 5.74) is 1.79. The fraction of sp³-hybridized carbons (Fsp3) is 0.0667. The van der Waals surface area contributed by atoms with Crippen LogP contribution < -0.4 is 21.7 Å². The fourth-order valence-corrected chi connectivity index (χ4v) is 2.19. The van der Waals surface area contributed by atoms with E-state index in [9.17, 15) is 4.79 Å². The summed E-state index contributed by atoms with van der Waals surface area (Å²) in [6, 6.07) is 16.0. The average Bonchev–Trinajstić information content (AvgIpc) is 2.91. The van der Waals surface area contributed by atoms with Crippen molar-refractivity contribution in [2.24, 2.45) is 15.4 Å². The van der Waals surface area contributed by atoms with Gasteiger partial charge in [-0.3, -0.25) is 0 Å². The maximum atomic E-state index is 11.0. The molecule has 1 atom stereocenters. The molecule has 0 saturated heterocycles. The van der Waals surface area contributed by atoms with Gasteiger partial charge in [0.15, 0.2) is 11.4 Å². The van der Waals surface area contributed by atoms with Gasteiger partial charge in [0.2, 0.25) is 5.84 Å². The lowest BCUT2D eigenvalue weighted by Crippen LogP contribution is -3.00. The highest BCUT2D eigenvalue weighted by Gasteiger charge is 2.39. The van der Waals surface area contributed by atoms with Crippen LogP contribution in [0, 0.1) is 0 Å². The van der Waals surface area contributed by atoms with Gasteiger partial charge in [-0.15, -0.1) is 0 Å². The van der Waals surface area contributed by atoms with Crippen molar-refractivity contribution in [1.29, 1.82) is 0 Å². The van der Waals surface area contributed by atoms with Crippen LogP contribution in [0.3, 0.4) is 0 Å². The van der Waals surface area contributed by atoms with Gasteiger partial charge in [0.05, 0.1) is 10.8 Å². The van der Waals surface area contributed by atoms with E-state index in [1.807, 2.05) is 30.3 Å². The molecule has 0 radical (unpaired) electrons. The van der Waals surface area contributed by atoms with Gasteiger partial charge in [-0.1, -0.05) is 23.3 Å². The summed E-state index contributed by atoms with van der Waals surface area (Å²) in [6.45, 7) is 1.78. The molecule has 0 spiro atoms. The highest BCUT2D eigenvalue weighted by atomic mass is 79.9. The Morgan fingerprint density at radius 1 is 1.00 bits per heavy atom. The predicted molar refractivity (Wildman–Crippen MR) is 79.3 cm³/mol. The monoisotopic (exact) mass is 360 g/mol. The van der Waals surface area contributed by atoms with Crippen molar-refractivity contribution >= 4 is 23.2 Å². The number of benzene rings is 2. The van der Waals surface area contributed by atoms with Gasteiger partial charge in [-0.25, -0.2) is 4.79 Å². The molecule has 1 aliphatic rings. The summed E-state index contributed by atoms with van der Waals surface area (Å²) in [5.74, 6) is -0.392. The average molecular weight is 361 g/mol. The normalized spacial score (nSPS) is 19.4. The third kappa shape index (κ3) is 2.68. The van der Waals surface area contributed by atoms with Crippen LogP contribution in [0.4, 0.5) is 11.4 Å². The zero-order valence-electron chi connectivity index (χ0n) is 11.7. The van der Waals surface area contributed by atoms with E-state index in [2.05, 4.69) is 15.4 Å². The van der Waals surface area contributed by atoms with Crippen LogP contribution in [0.2, 0.25) is 0 Å². The van der Waals surface area contributed by atoms with E-state index >= 15 is 0 Å². The molecule has 2 aromatic rings. The van der Waals surface area contributed by atoms with Gasteiger partial charge in [-0.2, -0.15) is 0 Å². The quantitative estimate of drug-likeness (QED) is 0.819. The first kappa shape index (κ1) is 16.0. The SMILES string of the molecule is CC1=N[N+](c2ccccc2)(c2ccc(C(=O)O)cc2)N=N1.[Br-]. The van der Waals surface area contributed by atoms with Crippen molar-refractivity contribution in [3.05, 3.63) is 60.2 Å². The van der Waals surface area contributed by atoms with Crippen LogP contribution in [0.5, 0.6) is 0 Å². The Hall–Kier alpha value is -2.38. The van der Waals surface area contributed by atoms with Gasteiger partial charge in [0, 0.05) is 35.9 Å². The molecule has 0 aliphatic carbocycles. The molecule has 112 valence electrons. The Morgan fingerprint density at radius 2 is 1.59 bits per heavy atom. The van der Waals surface area contributed by atoms with Crippen molar-refractivity contribution in [3.8, 4) is 0 Å². The lowest BCUT2D eigenvalue weighted by atomic mass is 10.2. The molecular formula is C15H13BrN4O2. The predicted octanol–water partition coefficient (Wildman–Crippen LogP) is 0.742. The number of amidine groups is 1. The Morgan fingerprint density at radius 3 is 2.09 bits per heavy atom. The van der Waals surface area contributed by atoms with Crippen molar-refractivity contribution < 1.29 is 26.9 Å². The van der Waals surface area contributed by atoms with Crippen molar-refractivity contribution in [1.82, 2.24) is 4.70 Å². The van der Waals surface area contributed by atoms with E-state index in [-0.39, 0.29) is 27.2 Å². The number of para-hydroxylation sites is 1. The first-order chi connectivity index (χ1) is 10.1. The number of hydrogen-bond acceptors (Lipinski definition) is 4. The number of carboxylic acids is 1. The standard InChI is InChI=1S/C15H12N4O2.BrH/c1-11-16-18-19(17-11,13-5-3-2-4-6-13)14-9-7-12(8-10-14)15(20)21;/h2-10H,1H3;1H. The molecule has 0 saturated carbocycles. The molecule has 0 amide bonds. The first-order valence-corrected chi connectivity index (χ1v) is 6.40. The van der Waals surface area contributed by atoms with Gasteiger partial charge in [0.1, 0.15) is 0 Å². The molecule has 1 heterocycles. The van der Waals surface area contributed by atoms with E-state index < -0.39 is 5.97 Å². The Labute approximate surface area is 137 Å². The second kappa shape index (κ2) is 6.17. The summed E-state index contributed by atoms with van der Waals surface area (Å²) in [4.78, 5) is 11.0. The summed E-state index contributed by atoms with van der Waals surface area (Å²) >= 11 is 0. The van der Waals surface area contributed by atoms with Crippen molar-refractivity contribution in [2.75, 3.05) is 0 Å². The van der Waals surface area contributed by atoms with Crippen LogP contribution in [-0.4, -0.2) is 16.9 Å². The zero-order chi connectivity index (χ0) is 14.9. The molecule has 0 bridgehead atoms. The highest BCUT2D eigenvalue weighted by Crippen LogP contribution is 2.38. The lowest BCUT2D eigenvalue weighted by molar-refractivity contribution is -0.0000199. The molecule has 7 heteroatoms. The smallest absolute Gasteiger partial charge is 0.335 e. The molecule has 2 aromatic carbocycles. The van der Waals surface area contributed by atoms with Gasteiger partial charge >= 0.3 is 5.97 Å². The van der Waals surface area contributed by atoms with Crippen LogP contribution >= 0.6 is 0 Å². The van der Waals surface area contributed by atoms with E-state index in [0.717, 1.165) is 11.4 Å². The number of halogens is 1. The number of nitrogens with zero attached hydrogens (tertiary/aromatic N) is 4. The molecule has 6 nitrogen and oxygen atoms in total. The summed E-state index contributed by atoms with van der Waals surface area (Å²) in [7, 11) is 0. The largest absolute Gasteiger partial charge is 1.00 e. The molecule has 1 unspecified atom stereocenters. The Bertz CT molecular complexity index is 744. The van der Waals surface area contributed by atoms with Crippen LogP contribution in [0.25, 0.3) is 0 Å². The topological polar surface area (TPSA) is 74.4 Å². The van der Waals surface area contributed by atoms with Gasteiger partial charge < -0.3 is 22.1 Å². The third-order valence-corrected chi connectivity index (χ3v) is 3.20. The minimum Gasteiger partial charge on any atom is -1.00 e. The summed E-state index contributed by atoms with van der Waals surface area (Å²) in [5, 5.41) is 21.8. The van der Waals surface area contributed by atoms with Crippen molar-refractivity contribution in [2.45, 2.75) is 6.92 Å². The second-order valence-electron chi connectivity index (χ2n) is 4.63. The minimum atomic E-state index is -0.962. The number of carboxylic acid groups (broad SMARTS) is 1. The Kier molecular flexibility index (Phi) is 4.48. The molecule has 0 fully saturated rings. The van der Waals surface area contributed by atoms with E-state index in [1.165, 1.54) is 0 Å². The number of carbonyl (C=O) groups is 1. The van der Waals surface area contributed by atoms with Gasteiger partial charge in [0.25, 0.3) is 0 Å². The maximum absolute atomic E-state index is 11.0.